The number of Topliss-reactive ketones (excluding diaryl/α,β-unsaturated/α-hetero) is 1. The molecule has 2 amide bonds. The molecular formula is C30H40N4O5. The second-order valence-electron chi connectivity index (χ2n) is 11.6. The zero-order valence-corrected chi connectivity index (χ0v) is 24.0. The van der Waals surface area contributed by atoms with Crippen molar-refractivity contribution in [1.29, 1.82) is 5.26 Å². The van der Waals surface area contributed by atoms with Gasteiger partial charge in [-0.3, -0.25) is 14.4 Å². The van der Waals surface area contributed by atoms with E-state index in [0.29, 0.717) is 34.4 Å². The van der Waals surface area contributed by atoms with Crippen molar-refractivity contribution < 1.29 is 24.2 Å². The maximum Gasteiger partial charge on any atom is 0.249 e. The summed E-state index contributed by atoms with van der Waals surface area (Å²) in [6, 6.07) is 8.36. The molecule has 0 aliphatic carbocycles. The lowest BCUT2D eigenvalue weighted by atomic mass is 9.78. The molecule has 0 aliphatic heterocycles. The minimum absolute atomic E-state index is 0.0842. The Hall–Kier alpha value is -3.74. The largest absolute Gasteiger partial charge is 0.507 e. The second kappa shape index (κ2) is 12.4. The summed E-state index contributed by atoms with van der Waals surface area (Å²) in [4.78, 5) is 39.7. The van der Waals surface area contributed by atoms with Crippen molar-refractivity contribution >= 4 is 17.6 Å². The third kappa shape index (κ3) is 7.65. The summed E-state index contributed by atoms with van der Waals surface area (Å²) in [7, 11) is 0. The van der Waals surface area contributed by atoms with E-state index < -0.39 is 22.6 Å². The monoisotopic (exact) mass is 536 g/mol. The zero-order valence-electron chi connectivity index (χ0n) is 24.0. The Bertz CT molecular complexity index is 1260. The van der Waals surface area contributed by atoms with Gasteiger partial charge >= 0.3 is 0 Å². The molecule has 9 nitrogen and oxygen atoms in total. The van der Waals surface area contributed by atoms with Crippen molar-refractivity contribution in [3.8, 4) is 11.8 Å². The number of rotatable bonds is 10. The number of carbonyl (C=O) groups excluding carboxylic acids is 3. The van der Waals surface area contributed by atoms with Crippen LogP contribution in [0.5, 0.6) is 5.75 Å². The van der Waals surface area contributed by atoms with Crippen LogP contribution in [0.1, 0.15) is 97.0 Å². The normalized spacial score (nSPS) is 11.7. The number of benzene rings is 2. The van der Waals surface area contributed by atoms with E-state index in [0.717, 1.165) is 0 Å². The number of hydrogen-bond acceptors (Lipinski definition) is 7. The molecule has 9 heteroatoms. The van der Waals surface area contributed by atoms with Crippen LogP contribution in [0, 0.1) is 11.3 Å². The molecule has 0 aliphatic rings. The van der Waals surface area contributed by atoms with Gasteiger partial charge in [0.15, 0.2) is 5.78 Å². The number of ketones is 1. The number of aromatic hydroxyl groups is 1. The highest BCUT2D eigenvalue weighted by atomic mass is 16.5. The highest BCUT2D eigenvalue weighted by Gasteiger charge is 2.29. The first-order valence-corrected chi connectivity index (χ1v) is 12.9. The van der Waals surface area contributed by atoms with Gasteiger partial charge in [0.2, 0.25) is 11.8 Å². The predicted molar refractivity (Wildman–Crippen MR) is 149 cm³/mol. The number of nitriles is 1. The van der Waals surface area contributed by atoms with Crippen molar-refractivity contribution in [1.82, 2.24) is 4.90 Å². The molecule has 5 N–H and O–H groups in total. The number of nitrogens with two attached hydrogens (primary N) is 2. The zero-order chi connectivity index (χ0) is 29.7. The average molecular weight is 537 g/mol. The number of amides is 2. The van der Waals surface area contributed by atoms with Crippen molar-refractivity contribution in [2.75, 3.05) is 19.7 Å². The molecule has 210 valence electrons. The second-order valence-corrected chi connectivity index (χ2v) is 11.6. The van der Waals surface area contributed by atoms with Gasteiger partial charge in [0.05, 0.1) is 31.3 Å². The van der Waals surface area contributed by atoms with E-state index in [1.807, 2.05) is 47.6 Å². The lowest BCUT2D eigenvalue weighted by Gasteiger charge is -2.28. The number of hydrogen-bond donors (Lipinski definition) is 3. The van der Waals surface area contributed by atoms with E-state index in [4.69, 9.17) is 16.2 Å². The molecule has 0 fully saturated rings. The number of carbonyl (C=O) groups is 3. The number of phenolic OH excluding ortho intramolecular Hbond substituents is 1. The molecule has 0 bridgehead atoms. The first-order valence-electron chi connectivity index (χ1n) is 12.9. The lowest BCUT2D eigenvalue weighted by molar-refractivity contribution is -0.129. The quantitative estimate of drug-likeness (QED) is 0.391. The molecule has 0 unspecified atom stereocenters. The van der Waals surface area contributed by atoms with E-state index >= 15 is 0 Å². The van der Waals surface area contributed by atoms with Crippen LogP contribution in [-0.4, -0.2) is 47.3 Å². The molecule has 0 saturated heterocycles. The molecule has 2 rings (SSSR count). The van der Waals surface area contributed by atoms with Gasteiger partial charge in [-0.2, -0.15) is 5.26 Å². The number of ether oxygens (including phenoxy) is 1. The van der Waals surface area contributed by atoms with Crippen molar-refractivity contribution in [3.63, 3.8) is 0 Å². The van der Waals surface area contributed by atoms with Gasteiger partial charge in [0.1, 0.15) is 5.75 Å². The van der Waals surface area contributed by atoms with Crippen molar-refractivity contribution in [2.45, 2.75) is 72.4 Å². The fourth-order valence-corrected chi connectivity index (χ4v) is 4.26. The predicted octanol–water partition coefficient (Wildman–Crippen LogP) is 3.66. The fraction of sp³-hybridized carbons (Fsp3) is 0.467. The highest BCUT2D eigenvalue weighted by Crippen LogP contribution is 2.40. The maximum atomic E-state index is 13.6. The molecule has 0 radical (unpaired) electrons. The van der Waals surface area contributed by atoms with Crippen LogP contribution in [0.4, 0.5) is 0 Å². The van der Waals surface area contributed by atoms with Gasteiger partial charge < -0.3 is 26.2 Å². The summed E-state index contributed by atoms with van der Waals surface area (Å²) < 4.78 is 5.46. The minimum atomic E-state index is -0.700. The highest BCUT2D eigenvalue weighted by molar-refractivity contribution is 6.00. The van der Waals surface area contributed by atoms with Crippen LogP contribution in [0.2, 0.25) is 0 Å². The molecule has 0 aromatic heterocycles. The number of nitrogens with zero attached hydrogens (tertiary/aromatic N) is 2. The minimum Gasteiger partial charge on any atom is -0.507 e. The Balaban J connectivity index is 2.56. The van der Waals surface area contributed by atoms with E-state index in [9.17, 15) is 24.8 Å². The summed E-state index contributed by atoms with van der Waals surface area (Å²) >= 11 is 0. The van der Waals surface area contributed by atoms with Gasteiger partial charge in [-0.15, -0.1) is 0 Å². The van der Waals surface area contributed by atoms with Gasteiger partial charge in [0, 0.05) is 35.4 Å². The van der Waals surface area contributed by atoms with Crippen molar-refractivity contribution in [3.05, 3.63) is 63.2 Å². The number of phenols is 1. The van der Waals surface area contributed by atoms with Crippen LogP contribution in [0.15, 0.2) is 24.3 Å². The van der Waals surface area contributed by atoms with Crippen LogP contribution in [-0.2, 0) is 33.5 Å². The summed E-state index contributed by atoms with van der Waals surface area (Å²) in [5, 5.41) is 20.8. The first-order chi connectivity index (χ1) is 18.0. The van der Waals surface area contributed by atoms with Crippen LogP contribution in [0.3, 0.4) is 0 Å². The third-order valence-corrected chi connectivity index (χ3v) is 6.45. The van der Waals surface area contributed by atoms with Crippen LogP contribution >= 0.6 is 0 Å². The summed E-state index contributed by atoms with van der Waals surface area (Å²) in [5.74, 6) is -1.37. The lowest BCUT2D eigenvalue weighted by Crippen LogP contribution is -2.39. The Morgan fingerprint density at radius 1 is 1.00 bits per heavy atom. The summed E-state index contributed by atoms with van der Waals surface area (Å²) in [5.41, 5.74) is 13.2. The molecule has 0 spiro atoms. The molecule has 2 aromatic carbocycles. The molecule has 0 heterocycles. The summed E-state index contributed by atoms with van der Waals surface area (Å²) in [6.45, 7) is 13.3. The molecule has 39 heavy (non-hydrogen) atoms. The maximum absolute atomic E-state index is 13.6. The van der Waals surface area contributed by atoms with Crippen LogP contribution < -0.4 is 11.5 Å². The smallest absolute Gasteiger partial charge is 0.249 e. The first kappa shape index (κ1) is 31.5. The van der Waals surface area contributed by atoms with Gasteiger partial charge in [-0.05, 0) is 53.1 Å². The Morgan fingerprint density at radius 2 is 1.56 bits per heavy atom. The molecular weight excluding hydrogens is 496 g/mol. The SMILES string of the molecule is CCOCc1cc(CN(CC(=O)c2cc(C(C)(C)C)c(O)c(C(C)(C)C)c2)C(=O)CN)c(C#N)cc1C(N)=O. The van der Waals surface area contributed by atoms with E-state index in [1.165, 1.54) is 11.0 Å². The van der Waals surface area contributed by atoms with E-state index in [1.54, 1.807) is 25.1 Å². The molecule has 0 atom stereocenters. The number of primary amides is 1. The third-order valence-electron chi connectivity index (χ3n) is 6.45. The van der Waals surface area contributed by atoms with Crippen LogP contribution in [0.25, 0.3) is 0 Å². The van der Waals surface area contributed by atoms with Gasteiger partial charge in [-0.25, -0.2) is 0 Å². The standard InChI is InChI=1S/C30H40N4O5/c1-8-39-17-21-9-20(19(13-31)10-22(21)28(33)38)15-34(26(36)14-32)16-25(35)18-11-23(29(2,3)4)27(37)24(12-18)30(5,6)7/h9-12,37H,8,14-17,32H2,1-7H3,(H2,33,38). The van der Waals surface area contributed by atoms with Crippen molar-refractivity contribution in [2.24, 2.45) is 11.5 Å². The Labute approximate surface area is 230 Å². The fourth-order valence-electron chi connectivity index (χ4n) is 4.26. The molecule has 0 saturated carbocycles. The van der Waals surface area contributed by atoms with Gasteiger partial charge in [-0.1, -0.05) is 41.5 Å². The average Bonchev–Trinajstić information content (AvgIpc) is 2.84. The van der Waals surface area contributed by atoms with E-state index in [2.05, 4.69) is 0 Å². The molecule has 2 aromatic rings. The Morgan fingerprint density at radius 3 is 2.00 bits per heavy atom. The summed E-state index contributed by atoms with van der Waals surface area (Å²) in [6.07, 6.45) is 0. The Kier molecular flexibility index (Phi) is 10.0. The van der Waals surface area contributed by atoms with Gasteiger partial charge in [0.25, 0.3) is 0 Å². The topological polar surface area (TPSA) is 160 Å². The van der Waals surface area contributed by atoms with E-state index in [-0.39, 0.29) is 48.9 Å².